The molecule has 40 heavy (non-hydrogen) atoms. The van der Waals surface area contributed by atoms with E-state index < -0.39 is 23.6 Å². The van der Waals surface area contributed by atoms with Crippen molar-refractivity contribution in [3.8, 4) is 0 Å². The average Bonchev–Trinajstić information content (AvgIpc) is 3.68. The van der Waals surface area contributed by atoms with Gasteiger partial charge in [-0.1, -0.05) is 90.8 Å². The predicted molar refractivity (Wildman–Crippen MR) is 163 cm³/mol. The summed E-state index contributed by atoms with van der Waals surface area (Å²) in [4.78, 5) is 11.4. The third-order valence-electron chi connectivity index (χ3n) is 8.83. The zero-order chi connectivity index (χ0) is 29.9. The minimum Gasteiger partial charge on any atom is -0.481 e. The van der Waals surface area contributed by atoms with Gasteiger partial charge >= 0.3 is 5.97 Å². The third-order valence-corrected chi connectivity index (χ3v) is 8.83. The molecule has 0 amide bonds. The van der Waals surface area contributed by atoms with Gasteiger partial charge in [0.25, 0.3) is 0 Å². The number of hydrogen-bond acceptors (Lipinski definition) is 4. The standard InChI is InChI=1S/C35H54O5/c1-32(2)19-24(13-9-11-17-34(5,6)28-23-40-28)29(36)26(21-32)15-16-27-22-33(3,4)20-25(30(27)37)14-10-12-18-35(7,8)31(38)39/h15-16,19-22,28-30,36-37H,9-14,17-18,23H2,1-8H3,(H,38,39)/b16-15-. The molecule has 5 heteroatoms. The maximum atomic E-state index is 11.4. The maximum Gasteiger partial charge on any atom is 0.309 e. The van der Waals surface area contributed by atoms with Crippen molar-refractivity contribution in [2.45, 2.75) is 125 Å². The largest absolute Gasteiger partial charge is 0.481 e. The summed E-state index contributed by atoms with van der Waals surface area (Å²) >= 11 is 0. The second-order valence-corrected chi connectivity index (χ2v) is 14.9. The summed E-state index contributed by atoms with van der Waals surface area (Å²) in [5.41, 5.74) is 2.93. The molecule has 0 aromatic carbocycles. The minimum atomic E-state index is -0.770. The summed E-state index contributed by atoms with van der Waals surface area (Å²) in [6.45, 7) is 17.6. The molecule has 224 valence electrons. The Morgan fingerprint density at radius 2 is 1.25 bits per heavy atom. The van der Waals surface area contributed by atoms with Crippen LogP contribution in [0.1, 0.15) is 107 Å². The van der Waals surface area contributed by atoms with Crippen LogP contribution in [0.2, 0.25) is 0 Å². The van der Waals surface area contributed by atoms with E-state index in [1.54, 1.807) is 13.8 Å². The minimum absolute atomic E-state index is 0.150. The molecule has 3 atom stereocenters. The number of aliphatic carboxylic acids is 1. The molecule has 1 heterocycles. The van der Waals surface area contributed by atoms with E-state index in [2.05, 4.69) is 65.8 Å². The molecular weight excluding hydrogens is 500 g/mol. The van der Waals surface area contributed by atoms with Crippen molar-refractivity contribution in [1.82, 2.24) is 0 Å². The number of aliphatic hydroxyl groups is 2. The first-order chi connectivity index (χ1) is 18.4. The van der Waals surface area contributed by atoms with Crippen LogP contribution in [-0.2, 0) is 9.53 Å². The maximum absolute atomic E-state index is 11.4. The summed E-state index contributed by atoms with van der Waals surface area (Å²) in [5, 5.41) is 31.9. The number of carboxylic acid groups (broad SMARTS) is 1. The number of unbranched alkanes of at least 4 members (excludes halogenated alkanes) is 2. The van der Waals surface area contributed by atoms with Crippen LogP contribution in [0.5, 0.6) is 0 Å². The van der Waals surface area contributed by atoms with E-state index in [1.165, 1.54) is 0 Å². The Bertz CT molecular complexity index is 1080. The summed E-state index contributed by atoms with van der Waals surface area (Å²) < 4.78 is 5.52. The summed E-state index contributed by atoms with van der Waals surface area (Å²) in [6.07, 6.45) is 18.8. The Morgan fingerprint density at radius 1 is 0.825 bits per heavy atom. The molecule has 0 spiro atoms. The second kappa shape index (κ2) is 12.5. The van der Waals surface area contributed by atoms with E-state index in [-0.39, 0.29) is 16.2 Å². The van der Waals surface area contributed by atoms with Crippen LogP contribution in [-0.4, -0.2) is 46.2 Å². The van der Waals surface area contributed by atoms with Crippen molar-refractivity contribution in [3.05, 3.63) is 58.7 Å². The van der Waals surface area contributed by atoms with Gasteiger partial charge < -0.3 is 20.1 Å². The monoisotopic (exact) mass is 554 g/mol. The van der Waals surface area contributed by atoms with E-state index in [0.29, 0.717) is 12.5 Å². The lowest BCUT2D eigenvalue weighted by molar-refractivity contribution is -0.147. The van der Waals surface area contributed by atoms with Crippen LogP contribution in [0, 0.1) is 21.7 Å². The molecule has 3 unspecified atom stereocenters. The lowest BCUT2D eigenvalue weighted by Gasteiger charge is -2.31. The number of epoxide rings is 1. The second-order valence-electron chi connectivity index (χ2n) is 14.9. The van der Waals surface area contributed by atoms with Crippen molar-refractivity contribution < 1.29 is 24.9 Å². The molecule has 1 saturated heterocycles. The van der Waals surface area contributed by atoms with Gasteiger partial charge in [-0.2, -0.15) is 0 Å². The summed E-state index contributed by atoms with van der Waals surface area (Å²) in [7, 11) is 0. The molecular formula is C35H54O5. The molecule has 2 aliphatic carbocycles. The van der Waals surface area contributed by atoms with Gasteiger partial charge in [-0.15, -0.1) is 0 Å². The van der Waals surface area contributed by atoms with E-state index >= 15 is 0 Å². The van der Waals surface area contributed by atoms with Crippen LogP contribution >= 0.6 is 0 Å². The molecule has 1 aliphatic heterocycles. The predicted octanol–water partition coefficient (Wildman–Crippen LogP) is 7.71. The smallest absolute Gasteiger partial charge is 0.309 e. The quantitative estimate of drug-likeness (QED) is 0.116. The third kappa shape index (κ3) is 9.03. The van der Waals surface area contributed by atoms with E-state index in [1.807, 2.05) is 12.2 Å². The van der Waals surface area contributed by atoms with Gasteiger partial charge in [0.05, 0.1) is 30.3 Å². The SMILES string of the molecule is CC1(C)C=C(/C=C\C2=CC(C)(C)C=C(CCCCC(C)(C)C3CO3)C2O)C(O)C(CCCCC(C)(C)C(=O)O)=C1. The first kappa shape index (κ1) is 32.6. The zero-order valence-corrected chi connectivity index (χ0v) is 26.2. The van der Waals surface area contributed by atoms with Gasteiger partial charge in [0.15, 0.2) is 0 Å². The molecule has 5 nitrogen and oxygen atoms in total. The average molecular weight is 555 g/mol. The topological polar surface area (TPSA) is 90.3 Å². The van der Waals surface area contributed by atoms with Crippen molar-refractivity contribution >= 4 is 5.97 Å². The van der Waals surface area contributed by atoms with Crippen molar-refractivity contribution in [1.29, 1.82) is 0 Å². The lowest BCUT2D eigenvalue weighted by Crippen LogP contribution is -2.25. The summed E-state index contributed by atoms with van der Waals surface area (Å²) in [5.74, 6) is -0.770. The molecule has 0 saturated carbocycles. The van der Waals surface area contributed by atoms with Crippen molar-refractivity contribution in [2.24, 2.45) is 21.7 Å². The fourth-order valence-corrected chi connectivity index (χ4v) is 6.10. The van der Waals surface area contributed by atoms with E-state index in [0.717, 1.165) is 73.8 Å². The van der Waals surface area contributed by atoms with Gasteiger partial charge in [-0.25, -0.2) is 0 Å². The lowest BCUT2D eigenvalue weighted by atomic mass is 9.76. The molecule has 3 N–H and O–H groups in total. The van der Waals surface area contributed by atoms with Gasteiger partial charge in [-0.3, -0.25) is 4.79 Å². The van der Waals surface area contributed by atoms with E-state index in [4.69, 9.17) is 4.74 Å². The molecule has 0 bridgehead atoms. The normalized spacial score (nSPS) is 26.2. The highest BCUT2D eigenvalue weighted by Crippen LogP contribution is 2.39. The van der Waals surface area contributed by atoms with Crippen LogP contribution in [0.3, 0.4) is 0 Å². The summed E-state index contributed by atoms with van der Waals surface area (Å²) in [6, 6.07) is 0. The highest BCUT2D eigenvalue weighted by atomic mass is 16.6. The number of hydrogen-bond donors (Lipinski definition) is 3. The van der Waals surface area contributed by atoms with Crippen LogP contribution in [0.25, 0.3) is 0 Å². The van der Waals surface area contributed by atoms with Crippen LogP contribution < -0.4 is 0 Å². The Balaban J connectivity index is 1.61. The van der Waals surface area contributed by atoms with E-state index in [9.17, 15) is 20.1 Å². The van der Waals surface area contributed by atoms with Gasteiger partial charge in [0.1, 0.15) is 0 Å². The highest BCUT2D eigenvalue weighted by molar-refractivity contribution is 5.73. The Hall–Kier alpha value is -1.95. The zero-order valence-electron chi connectivity index (χ0n) is 26.2. The number of rotatable bonds is 14. The highest BCUT2D eigenvalue weighted by Gasteiger charge is 2.38. The number of carbonyl (C=O) groups is 1. The Kier molecular flexibility index (Phi) is 10.2. The number of aliphatic hydroxyl groups excluding tert-OH is 2. The van der Waals surface area contributed by atoms with Gasteiger partial charge in [-0.05, 0) is 80.1 Å². The Morgan fingerprint density at radius 3 is 1.65 bits per heavy atom. The van der Waals surface area contributed by atoms with Gasteiger partial charge in [0, 0.05) is 10.8 Å². The molecule has 0 aromatic heterocycles. The fourth-order valence-electron chi connectivity index (χ4n) is 6.10. The first-order valence-corrected chi connectivity index (χ1v) is 15.2. The first-order valence-electron chi connectivity index (χ1n) is 15.2. The van der Waals surface area contributed by atoms with Crippen molar-refractivity contribution in [3.63, 3.8) is 0 Å². The molecule has 0 radical (unpaired) electrons. The number of allylic oxidation sites excluding steroid dienone is 4. The molecule has 0 aromatic rings. The van der Waals surface area contributed by atoms with Crippen molar-refractivity contribution in [2.75, 3.05) is 6.61 Å². The van der Waals surface area contributed by atoms with Crippen LogP contribution in [0.4, 0.5) is 0 Å². The molecule has 1 fully saturated rings. The van der Waals surface area contributed by atoms with Gasteiger partial charge in [0.2, 0.25) is 0 Å². The Labute approximate surface area is 242 Å². The number of carboxylic acids is 1. The molecule has 3 rings (SSSR count). The number of ether oxygens (including phenoxy) is 1. The fraction of sp³-hybridized carbons (Fsp3) is 0.686. The van der Waals surface area contributed by atoms with Crippen LogP contribution in [0.15, 0.2) is 58.7 Å². The molecule has 3 aliphatic rings.